The largest absolute Gasteiger partial charge is 0.497 e. The van der Waals surface area contributed by atoms with Gasteiger partial charge in [0.2, 0.25) is 0 Å². The summed E-state index contributed by atoms with van der Waals surface area (Å²) in [7, 11) is 3.18. The number of fused-ring (bicyclic) bond motifs is 1. The van der Waals surface area contributed by atoms with Crippen LogP contribution in [0.25, 0.3) is 10.9 Å². The second-order valence-electron chi connectivity index (χ2n) is 6.26. The van der Waals surface area contributed by atoms with Gasteiger partial charge in [-0.15, -0.1) is 0 Å². The number of halogens is 1. The van der Waals surface area contributed by atoms with Gasteiger partial charge in [-0.1, -0.05) is 29.3 Å². The lowest BCUT2D eigenvalue weighted by molar-refractivity contribution is 0.394. The summed E-state index contributed by atoms with van der Waals surface area (Å²) >= 11 is 3.42. The molecule has 0 saturated heterocycles. The number of ether oxygens (including phenoxy) is 2. The summed E-state index contributed by atoms with van der Waals surface area (Å²) in [5.41, 5.74) is 1.22. The fourth-order valence-corrected chi connectivity index (χ4v) is 3.22. The molecule has 0 aliphatic carbocycles. The third-order valence-electron chi connectivity index (χ3n) is 4.38. The molecule has 7 heteroatoms. The molecule has 0 spiro atoms. The van der Waals surface area contributed by atoms with Crippen LogP contribution in [0.1, 0.15) is 31.2 Å². The molecule has 1 aromatic heterocycles. The van der Waals surface area contributed by atoms with E-state index < -0.39 is 0 Å². The van der Waals surface area contributed by atoms with Crippen LogP contribution in [0, 0.1) is 0 Å². The molecule has 146 valence electrons. The van der Waals surface area contributed by atoms with Gasteiger partial charge in [-0.3, -0.25) is 4.79 Å². The van der Waals surface area contributed by atoms with Gasteiger partial charge in [0.15, 0.2) is 0 Å². The molecule has 0 saturated carbocycles. The fraction of sp³-hybridized carbons (Fsp3) is 0.286. The van der Waals surface area contributed by atoms with Gasteiger partial charge in [0.1, 0.15) is 17.3 Å². The SMILES string of the molecule is CCCCc1nc2ccc(Br)cc2c(=O)n1N=Cc1ccc(OC)cc1OC. The zero-order chi connectivity index (χ0) is 20.1. The van der Waals surface area contributed by atoms with E-state index >= 15 is 0 Å². The van der Waals surface area contributed by atoms with Crippen molar-refractivity contribution in [3.8, 4) is 11.5 Å². The van der Waals surface area contributed by atoms with Crippen LogP contribution in [-0.2, 0) is 6.42 Å². The highest BCUT2D eigenvalue weighted by molar-refractivity contribution is 9.10. The van der Waals surface area contributed by atoms with E-state index in [0.29, 0.717) is 34.6 Å². The molecule has 1 heterocycles. The van der Waals surface area contributed by atoms with E-state index in [1.165, 1.54) is 4.68 Å². The fourth-order valence-electron chi connectivity index (χ4n) is 2.86. The van der Waals surface area contributed by atoms with Gasteiger partial charge < -0.3 is 9.47 Å². The Morgan fingerprint density at radius 2 is 2.00 bits per heavy atom. The summed E-state index contributed by atoms with van der Waals surface area (Å²) in [5.74, 6) is 1.94. The van der Waals surface area contributed by atoms with Gasteiger partial charge >= 0.3 is 0 Å². The molecule has 0 N–H and O–H groups in total. The predicted molar refractivity (Wildman–Crippen MR) is 115 cm³/mol. The topological polar surface area (TPSA) is 65.7 Å². The van der Waals surface area contributed by atoms with Crippen molar-refractivity contribution in [1.82, 2.24) is 9.66 Å². The molecule has 0 radical (unpaired) electrons. The molecular weight excluding hydrogens is 422 g/mol. The lowest BCUT2D eigenvalue weighted by atomic mass is 10.2. The van der Waals surface area contributed by atoms with E-state index in [1.807, 2.05) is 24.3 Å². The molecule has 0 aliphatic rings. The van der Waals surface area contributed by atoms with Crippen molar-refractivity contribution in [2.24, 2.45) is 5.10 Å². The van der Waals surface area contributed by atoms with Crippen LogP contribution < -0.4 is 15.0 Å². The number of unbranched alkanes of at least 4 members (excludes halogenated alkanes) is 1. The van der Waals surface area contributed by atoms with Crippen molar-refractivity contribution < 1.29 is 9.47 Å². The molecule has 0 fully saturated rings. The van der Waals surface area contributed by atoms with Crippen molar-refractivity contribution in [2.45, 2.75) is 26.2 Å². The Kier molecular flexibility index (Phi) is 6.46. The summed E-state index contributed by atoms with van der Waals surface area (Å²) in [6, 6.07) is 10.9. The van der Waals surface area contributed by atoms with E-state index in [0.717, 1.165) is 22.9 Å². The number of aryl methyl sites for hydroxylation is 1. The minimum atomic E-state index is -0.193. The molecule has 3 aromatic rings. The number of benzene rings is 2. The monoisotopic (exact) mass is 443 g/mol. The Bertz CT molecular complexity index is 1080. The minimum Gasteiger partial charge on any atom is -0.497 e. The highest BCUT2D eigenvalue weighted by Crippen LogP contribution is 2.23. The number of hydrogen-bond acceptors (Lipinski definition) is 5. The average Bonchev–Trinajstić information content (AvgIpc) is 2.72. The first-order chi connectivity index (χ1) is 13.6. The summed E-state index contributed by atoms with van der Waals surface area (Å²) < 4.78 is 12.8. The molecule has 0 aliphatic heterocycles. The van der Waals surface area contributed by atoms with Crippen LogP contribution in [-0.4, -0.2) is 30.1 Å². The molecule has 0 atom stereocenters. The lowest BCUT2D eigenvalue weighted by Gasteiger charge is -2.10. The van der Waals surface area contributed by atoms with Crippen LogP contribution in [0.15, 0.2) is 50.8 Å². The normalized spacial score (nSPS) is 11.3. The molecular formula is C21H22BrN3O3. The van der Waals surface area contributed by atoms with Crippen molar-refractivity contribution in [2.75, 3.05) is 14.2 Å². The van der Waals surface area contributed by atoms with Crippen molar-refractivity contribution in [3.05, 3.63) is 62.6 Å². The quantitative estimate of drug-likeness (QED) is 0.507. The van der Waals surface area contributed by atoms with Gasteiger partial charge in [0, 0.05) is 22.5 Å². The smallest absolute Gasteiger partial charge is 0.282 e. The molecule has 28 heavy (non-hydrogen) atoms. The second-order valence-corrected chi connectivity index (χ2v) is 7.18. The third-order valence-corrected chi connectivity index (χ3v) is 4.88. The molecule has 6 nitrogen and oxygen atoms in total. The first kappa shape index (κ1) is 20.1. The number of methoxy groups -OCH3 is 2. The van der Waals surface area contributed by atoms with Gasteiger partial charge in [-0.2, -0.15) is 9.78 Å². The Labute approximate surface area is 171 Å². The van der Waals surface area contributed by atoms with Crippen LogP contribution in [0.5, 0.6) is 11.5 Å². The van der Waals surface area contributed by atoms with Gasteiger partial charge in [0.25, 0.3) is 5.56 Å². The van der Waals surface area contributed by atoms with E-state index in [-0.39, 0.29) is 5.56 Å². The highest BCUT2D eigenvalue weighted by atomic mass is 79.9. The summed E-state index contributed by atoms with van der Waals surface area (Å²) in [4.78, 5) is 17.8. The first-order valence-electron chi connectivity index (χ1n) is 9.05. The summed E-state index contributed by atoms with van der Waals surface area (Å²) in [6.45, 7) is 2.10. The minimum absolute atomic E-state index is 0.193. The average molecular weight is 444 g/mol. The Morgan fingerprint density at radius 1 is 1.18 bits per heavy atom. The standard InChI is InChI=1S/C21H22BrN3O3/c1-4-5-6-20-24-18-10-8-15(22)11-17(18)21(26)25(20)23-13-14-7-9-16(27-2)12-19(14)28-3/h7-13H,4-6H2,1-3H3. The molecule has 3 rings (SSSR count). The van der Waals surface area contributed by atoms with Crippen molar-refractivity contribution >= 4 is 33.0 Å². The molecule has 0 unspecified atom stereocenters. The number of rotatable bonds is 7. The van der Waals surface area contributed by atoms with E-state index in [1.54, 1.807) is 32.6 Å². The van der Waals surface area contributed by atoms with Gasteiger partial charge in [0.05, 0.1) is 31.3 Å². The van der Waals surface area contributed by atoms with Crippen LogP contribution in [0.3, 0.4) is 0 Å². The Hall–Kier alpha value is -2.67. The van der Waals surface area contributed by atoms with E-state index in [9.17, 15) is 4.79 Å². The Balaban J connectivity index is 2.11. The third kappa shape index (κ3) is 4.25. The highest BCUT2D eigenvalue weighted by Gasteiger charge is 2.11. The number of aromatic nitrogens is 2. The molecule has 2 aromatic carbocycles. The van der Waals surface area contributed by atoms with E-state index in [2.05, 4.69) is 32.9 Å². The number of hydrogen-bond donors (Lipinski definition) is 0. The van der Waals surface area contributed by atoms with Crippen molar-refractivity contribution in [3.63, 3.8) is 0 Å². The van der Waals surface area contributed by atoms with Crippen LogP contribution in [0.2, 0.25) is 0 Å². The molecule has 0 bridgehead atoms. The summed E-state index contributed by atoms with van der Waals surface area (Å²) in [5, 5.41) is 4.98. The number of nitrogens with zero attached hydrogens (tertiary/aromatic N) is 3. The lowest BCUT2D eigenvalue weighted by Crippen LogP contribution is -2.22. The maximum atomic E-state index is 13.1. The maximum absolute atomic E-state index is 13.1. The Morgan fingerprint density at radius 3 is 2.71 bits per heavy atom. The van der Waals surface area contributed by atoms with Gasteiger partial charge in [-0.05, 0) is 36.8 Å². The first-order valence-corrected chi connectivity index (χ1v) is 9.84. The van der Waals surface area contributed by atoms with E-state index in [4.69, 9.17) is 9.47 Å². The van der Waals surface area contributed by atoms with Crippen LogP contribution >= 0.6 is 15.9 Å². The maximum Gasteiger partial charge on any atom is 0.282 e. The van der Waals surface area contributed by atoms with Gasteiger partial charge in [-0.25, -0.2) is 4.98 Å². The van der Waals surface area contributed by atoms with Crippen molar-refractivity contribution in [1.29, 1.82) is 0 Å². The molecule has 0 amide bonds. The predicted octanol–water partition coefficient (Wildman–Crippen LogP) is 4.40. The van der Waals surface area contributed by atoms with Crippen LogP contribution in [0.4, 0.5) is 0 Å². The zero-order valence-electron chi connectivity index (χ0n) is 16.1. The zero-order valence-corrected chi connectivity index (χ0v) is 17.7. The second kappa shape index (κ2) is 9.01. The summed E-state index contributed by atoms with van der Waals surface area (Å²) in [6.07, 6.45) is 4.22.